The van der Waals surface area contributed by atoms with Crippen molar-refractivity contribution in [2.75, 3.05) is 6.61 Å². The normalized spacial score (nSPS) is 34.1. The van der Waals surface area contributed by atoms with Gasteiger partial charge in [0.15, 0.2) is 12.6 Å². The number of hydrogen-bond donors (Lipinski definition) is 2. The Kier molecular flexibility index (Phi) is 10.6. The van der Waals surface area contributed by atoms with Gasteiger partial charge in [-0.1, -0.05) is 26.0 Å². The summed E-state index contributed by atoms with van der Waals surface area (Å²) in [6.45, 7) is 12.0. The van der Waals surface area contributed by atoms with E-state index in [9.17, 15) is 5.11 Å². The van der Waals surface area contributed by atoms with Crippen LogP contribution in [0.3, 0.4) is 0 Å². The zero-order chi connectivity index (χ0) is 19.7. The summed E-state index contributed by atoms with van der Waals surface area (Å²) in [6, 6.07) is 0. The van der Waals surface area contributed by atoms with Crippen molar-refractivity contribution < 1.29 is 29.2 Å². The molecule has 26 heavy (non-hydrogen) atoms. The van der Waals surface area contributed by atoms with Gasteiger partial charge in [-0.25, -0.2) is 0 Å². The van der Waals surface area contributed by atoms with Crippen molar-refractivity contribution in [2.45, 2.75) is 91.1 Å². The van der Waals surface area contributed by atoms with Crippen LogP contribution in [0, 0.1) is 5.92 Å². The number of hydrogen-bond acceptors (Lipinski definition) is 6. The van der Waals surface area contributed by atoms with Crippen LogP contribution in [-0.2, 0) is 18.9 Å². The van der Waals surface area contributed by atoms with Gasteiger partial charge in [0.25, 0.3) is 0 Å². The molecule has 0 aromatic rings. The molecule has 2 heterocycles. The van der Waals surface area contributed by atoms with Crippen molar-refractivity contribution in [1.82, 2.24) is 0 Å². The molecule has 0 aromatic heterocycles. The SMILES string of the molecule is CC(C)O[C@@H]1C=C[C@H](O)[C@@H](CO)O1.CC[C@H]1O[C@H](OC(C)C)C=C[C@@H]1C. The third kappa shape index (κ3) is 8.29. The zero-order valence-corrected chi connectivity index (χ0v) is 16.9. The summed E-state index contributed by atoms with van der Waals surface area (Å²) >= 11 is 0. The molecule has 2 aliphatic rings. The minimum atomic E-state index is -0.739. The van der Waals surface area contributed by atoms with Gasteiger partial charge in [-0.05, 0) is 46.3 Å². The summed E-state index contributed by atoms with van der Waals surface area (Å²) in [7, 11) is 0. The third-order valence-electron chi connectivity index (χ3n) is 4.02. The summed E-state index contributed by atoms with van der Waals surface area (Å²) in [4.78, 5) is 0. The Morgan fingerprint density at radius 3 is 1.85 bits per heavy atom. The highest BCUT2D eigenvalue weighted by Gasteiger charge is 2.25. The first-order valence-corrected chi connectivity index (χ1v) is 9.54. The minimum absolute atomic E-state index is 0.0595. The van der Waals surface area contributed by atoms with E-state index in [0.717, 1.165) is 6.42 Å². The highest BCUT2D eigenvalue weighted by atomic mass is 16.7. The molecule has 0 saturated carbocycles. The van der Waals surface area contributed by atoms with E-state index in [1.165, 1.54) is 0 Å². The Morgan fingerprint density at radius 1 is 0.885 bits per heavy atom. The van der Waals surface area contributed by atoms with Crippen LogP contribution in [0.1, 0.15) is 48.0 Å². The molecule has 6 nitrogen and oxygen atoms in total. The number of rotatable bonds is 6. The Hall–Kier alpha value is -0.760. The maximum atomic E-state index is 9.29. The molecular weight excluding hydrogens is 336 g/mol. The van der Waals surface area contributed by atoms with E-state index in [1.807, 2.05) is 33.8 Å². The molecule has 2 rings (SSSR count). The highest BCUT2D eigenvalue weighted by Crippen LogP contribution is 2.22. The first-order valence-electron chi connectivity index (χ1n) is 9.54. The Balaban J connectivity index is 0.000000260. The summed E-state index contributed by atoms with van der Waals surface area (Å²) in [5.41, 5.74) is 0. The maximum absolute atomic E-state index is 9.29. The van der Waals surface area contributed by atoms with E-state index in [-0.39, 0.29) is 25.1 Å². The van der Waals surface area contributed by atoms with E-state index < -0.39 is 18.5 Å². The zero-order valence-electron chi connectivity index (χ0n) is 16.9. The summed E-state index contributed by atoms with van der Waals surface area (Å²) in [5.74, 6) is 0.511. The molecule has 6 atom stereocenters. The molecule has 0 amide bonds. The van der Waals surface area contributed by atoms with Crippen LogP contribution in [0.15, 0.2) is 24.3 Å². The molecule has 0 aliphatic carbocycles. The van der Waals surface area contributed by atoms with Crippen molar-refractivity contribution in [1.29, 1.82) is 0 Å². The van der Waals surface area contributed by atoms with Crippen molar-refractivity contribution in [2.24, 2.45) is 5.92 Å². The largest absolute Gasteiger partial charge is 0.394 e. The molecule has 0 aromatic carbocycles. The lowest BCUT2D eigenvalue weighted by Gasteiger charge is -2.30. The van der Waals surface area contributed by atoms with E-state index >= 15 is 0 Å². The fourth-order valence-corrected chi connectivity index (χ4v) is 2.67. The van der Waals surface area contributed by atoms with Crippen LogP contribution in [0.4, 0.5) is 0 Å². The fraction of sp³-hybridized carbons (Fsp3) is 0.800. The first-order chi connectivity index (χ1) is 12.3. The molecule has 2 N–H and O–H groups in total. The highest BCUT2D eigenvalue weighted by molar-refractivity contribution is 4.99. The molecule has 152 valence electrons. The lowest BCUT2D eigenvalue weighted by molar-refractivity contribution is -0.193. The summed E-state index contributed by atoms with van der Waals surface area (Å²) < 4.78 is 21.9. The van der Waals surface area contributed by atoms with E-state index in [0.29, 0.717) is 12.0 Å². The van der Waals surface area contributed by atoms with Crippen molar-refractivity contribution >= 4 is 0 Å². The second-order valence-corrected chi connectivity index (χ2v) is 7.17. The molecule has 0 radical (unpaired) electrons. The lowest BCUT2D eigenvalue weighted by Crippen LogP contribution is -2.39. The van der Waals surface area contributed by atoms with Crippen LogP contribution in [0.2, 0.25) is 0 Å². The maximum Gasteiger partial charge on any atom is 0.177 e. The predicted octanol–water partition coefficient (Wildman–Crippen LogP) is 2.78. The van der Waals surface area contributed by atoms with Crippen LogP contribution in [0.5, 0.6) is 0 Å². The quantitative estimate of drug-likeness (QED) is 0.698. The van der Waals surface area contributed by atoms with Crippen LogP contribution >= 0.6 is 0 Å². The van der Waals surface area contributed by atoms with Gasteiger partial charge >= 0.3 is 0 Å². The van der Waals surface area contributed by atoms with E-state index in [1.54, 1.807) is 12.2 Å². The molecule has 0 bridgehead atoms. The third-order valence-corrected chi connectivity index (χ3v) is 4.02. The number of ether oxygens (including phenoxy) is 4. The molecule has 0 fully saturated rings. The molecule has 0 unspecified atom stereocenters. The molecule has 6 heteroatoms. The predicted molar refractivity (Wildman–Crippen MR) is 101 cm³/mol. The average molecular weight is 373 g/mol. The standard InChI is InChI=1S/C11H20O2.C9H16O4/c1-5-10-9(4)6-7-11(13-10)12-8(2)3;1-6(2)12-9-4-3-7(11)8(5-10)13-9/h6-11H,5H2,1-4H3;3-4,6-11H,5H2,1-2H3/t9-,10+,11-;7-,8+,9-/m00/s1. The van der Waals surface area contributed by atoms with Gasteiger partial charge < -0.3 is 29.2 Å². The molecule has 2 aliphatic heterocycles. The van der Waals surface area contributed by atoms with Crippen LogP contribution < -0.4 is 0 Å². The van der Waals surface area contributed by atoms with Gasteiger partial charge in [-0.2, -0.15) is 0 Å². The van der Waals surface area contributed by atoms with Gasteiger partial charge in [0.05, 0.1) is 24.9 Å². The van der Waals surface area contributed by atoms with Gasteiger partial charge in [0, 0.05) is 5.92 Å². The van der Waals surface area contributed by atoms with E-state index in [2.05, 4.69) is 19.9 Å². The van der Waals surface area contributed by atoms with Gasteiger partial charge in [0.1, 0.15) is 12.2 Å². The first kappa shape index (κ1) is 23.3. The van der Waals surface area contributed by atoms with Crippen LogP contribution in [0.25, 0.3) is 0 Å². The van der Waals surface area contributed by atoms with Gasteiger partial charge in [-0.15, -0.1) is 0 Å². The number of aliphatic hydroxyl groups is 2. The van der Waals surface area contributed by atoms with Crippen molar-refractivity contribution in [3.63, 3.8) is 0 Å². The second-order valence-electron chi connectivity index (χ2n) is 7.17. The fourth-order valence-electron chi connectivity index (χ4n) is 2.67. The second kappa shape index (κ2) is 11.8. The number of aliphatic hydroxyl groups excluding tert-OH is 2. The smallest absolute Gasteiger partial charge is 0.177 e. The molecule has 0 spiro atoms. The Bertz CT molecular complexity index is 394. The van der Waals surface area contributed by atoms with E-state index in [4.69, 9.17) is 24.1 Å². The summed E-state index contributed by atoms with van der Waals surface area (Å²) in [5, 5.41) is 18.1. The Morgan fingerprint density at radius 2 is 1.38 bits per heavy atom. The average Bonchev–Trinajstić information content (AvgIpc) is 2.58. The minimum Gasteiger partial charge on any atom is -0.394 e. The summed E-state index contributed by atoms with van der Waals surface area (Å²) in [6.07, 6.45) is 7.16. The van der Waals surface area contributed by atoms with Gasteiger partial charge in [-0.3, -0.25) is 0 Å². The lowest BCUT2D eigenvalue weighted by atomic mass is 10.00. The van der Waals surface area contributed by atoms with Gasteiger partial charge in [0.2, 0.25) is 0 Å². The molecular formula is C20H36O6. The molecule has 0 saturated heterocycles. The van der Waals surface area contributed by atoms with Crippen molar-refractivity contribution in [3.8, 4) is 0 Å². The van der Waals surface area contributed by atoms with Crippen LogP contribution in [-0.4, -0.2) is 59.9 Å². The monoisotopic (exact) mass is 372 g/mol. The topological polar surface area (TPSA) is 77.4 Å². The van der Waals surface area contributed by atoms with Crippen molar-refractivity contribution in [3.05, 3.63) is 24.3 Å². The Labute approximate surface area is 157 Å².